The van der Waals surface area contributed by atoms with Crippen molar-refractivity contribution in [2.45, 2.75) is 38.6 Å². The number of rotatable bonds is 8. The van der Waals surface area contributed by atoms with E-state index in [0.717, 1.165) is 47.7 Å². The molecule has 2 heterocycles. The first-order valence-corrected chi connectivity index (χ1v) is 11.8. The van der Waals surface area contributed by atoms with Gasteiger partial charge >= 0.3 is 0 Å². The molecule has 3 aromatic carbocycles. The van der Waals surface area contributed by atoms with Crippen LogP contribution < -0.4 is 9.64 Å². The van der Waals surface area contributed by atoms with Crippen LogP contribution in [0, 0.1) is 5.82 Å². The number of ether oxygens (including phenoxy) is 1. The fourth-order valence-electron chi connectivity index (χ4n) is 4.63. The molecule has 1 atom stereocenters. The predicted octanol–water partition coefficient (Wildman–Crippen LogP) is 5.73. The van der Waals surface area contributed by atoms with Crippen molar-refractivity contribution in [2.24, 2.45) is 0 Å². The van der Waals surface area contributed by atoms with Crippen molar-refractivity contribution >= 4 is 22.6 Å². The maximum Gasteiger partial charge on any atom is 0.227 e. The summed E-state index contributed by atoms with van der Waals surface area (Å²) in [6.07, 6.45) is 2.23. The molecule has 1 amide bonds. The van der Waals surface area contributed by atoms with E-state index in [-0.39, 0.29) is 17.6 Å². The van der Waals surface area contributed by atoms with E-state index in [1.54, 1.807) is 17.0 Å². The van der Waals surface area contributed by atoms with E-state index in [2.05, 4.69) is 29.7 Å². The highest BCUT2D eigenvalue weighted by molar-refractivity contribution is 5.96. The van der Waals surface area contributed by atoms with Gasteiger partial charge in [-0.3, -0.25) is 4.79 Å². The Labute approximate surface area is 198 Å². The second-order valence-electron chi connectivity index (χ2n) is 8.69. The number of aryl methyl sites for hydroxylation is 2. The molecule has 1 aliphatic rings. The van der Waals surface area contributed by atoms with Gasteiger partial charge in [0.1, 0.15) is 17.4 Å². The summed E-state index contributed by atoms with van der Waals surface area (Å²) in [5.74, 6) is 1.51. The van der Waals surface area contributed by atoms with Crippen LogP contribution in [-0.4, -0.2) is 28.6 Å². The molecule has 5 nitrogen and oxygen atoms in total. The maximum absolute atomic E-state index is 13.3. The number of amides is 1. The van der Waals surface area contributed by atoms with Crippen LogP contribution in [0.15, 0.2) is 72.8 Å². The van der Waals surface area contributed by atoms with Gasteiger partial charge in [0.25, 0.3) is 0 Å². The van der Waals surface area contributed by atoms with Crippen molar-refractivity contribution in [2.75, 3.05) is 18.1 Å². The molecule has 0 N–H and O–H groups in total. The van der Waals surface area contributed by atoms with E-state index in [0.29, 0.717) is 19.6 Å². The fraction of sp³-hybridized carbons (Fsp3) is 0.286. The van der Waals surface area contributed by atoms with Crippen LogP contribution in [-0.2, 0) is 17.8 Å². The summed E-state index contributed by atoms with van der Waals surface area (Å²) in [4.78, 5) is 19.5. The van der Waals surface area contributed by atoms with Gasteiger partial charge in [0.2, 0.25) is 5.91 Å². The van der Waals surface area contributed by atoms with Gasteiger partial charge in [0.15, 0.2) is 0 Å². The Kier molecular flexibility index (Phi) is 6.30. The molecule has 34 heavy (non-hydrogen) atoms. The summed E-state index contributed by atoms with van der Waals surface area (Å²) < 4.78 is 21.5. The third-order valence-corrected chi connectivity index (χ3v) is 6.44. The summed E-state index contributed by atoms with van der Waals surface area (Å²) in [6, 6.07) is 22.4. The highest BCUT2D eigenvalue weighted by atomic mass is 19.1. The highest BCUT2D eigenvalue weighted by Crippen LogP contribution is 2.33. The third-order valence-electron chi connectivity index (χ3n) is 6.44. The number of benzene rings is 3. The number of carbonyl (C=O) groups excluding carboxylic acids is 1. The van der Waals surface area contributed by atoms with Crippen LogP contribution in [0.25, 0.3) is 11.0 Å². The minimum atomic E-state index is -0.308. The molecular formula is C28H28FN3O2. The zero-order valence-corrected chi connectivity index (χ0v) is 19.3. The molecule has 4 aromatic rings. The molecule has 1 aliphatic heterocycles. The molecule has 0 spiro atoms. The Bertz CT molecular complexity index is 1280. The zero-order valence-electron chi connectivity index (χ0n) is 19.3. The summed E-state index contributed by atoms with van der Waals surface area (Å²) in [5.41, 5.74) is 4.01. The van der Waals surface area contributed by atoms with Crippen molar-refractivity contribution in [3.63, 3.8) is 0 Å². The van der Waals surface area contributed by atoms with Gasteiger partial charge in [-0.1, -0.05) is 31.2 Å². The van der Waals surface area contributed by atoms with Crippen LogP contribution in [0.5, 0.6) is 5.75 Å². The first-order valence-electron chi connectivity index (χ1n) is 11.8. The summed E-state index contributed by atoms with van der Waals surface area (Å²) in [6.45, 7) is 4.03. The summed E-state index contributed by atoms with van der Waals surface area (Å²) in [5, 5.41) is 0. The van der Waals surface area contributed by atoms with E-state index in [1.807, 2.05) is 30.3 Å². The zero-order chi connectivity index (χ0) is 23.5. The van der Waals surface area contributed by atoms with E-state index in [9.17, 15) is 9.18 Å². The maximum atomic E-state index is 13.3. The van der Waals surface area contributed by atoms with Crippen molar-refractivity contribution in [3.05, 3.63) is 90.0 Å². The Morgan fingerprint density at radius 2 is 1.79 bits per heavy atom. The number of imidazole rings is 1. The van der Waals surface area contributed by atoms with Crippen LogP contribution in [0.4, 0.5) is 10.1 Å². The number of aromatic nitrogens is 2. The molecule has 0 aliphatic carbocycles. The molecule has 0 radical (unpaired) electrons. The number of carbonyl (C=O) groups is 1. The van der Waals surface area contributed by atoms with E-state index < -0.39 is 0 Å². The van der Waals surface area contributed by atoms with Crippen LogP contribution in [0.3, 0.4) is 0 Å². The summed E-state index contributed by atoms with van der Waals surface area (Å²) >= 11 is 0. The molecule has 174 valence electrons. The molecule has 1 aromatic heterocycles. The molecule has 0 unspecified atom stereocenters. The van der Waals surface area contributed by atoms with E-state index in [4.69, 9.17) is 9.72 Å². The van der Waals surface area contributed by atoms with Gasteiger partial charge in [0.05, 0.1) is 17.6 Å². The highest BCUT2D eigenvalue weighted by Gasteiger charge is 2.34. The molecule has 5 rings (SSSR count). The number of hydrogen-bond donors (Lipinski definition) is 0. The minimum Gasteiger partial charge on any atom is -0.494 e. The van der Waals surface area contributed by atoms with Crippen molar-refractivity contribution in [1.29, 1.82) is 0 Å². The van der Waals surface area contributed by atoms with Crippen LogP contribution in [0.2, 0.25) is 0 Å². The van der Waals surface area contributed by atoms with Gasteiger partial charge in [-0.2, -0.15) is 0 Å². The normalized spacial score (nSPS) is 15.9. The van der Waals surface area contributed by atoms with Gasteiger partial charge in [-0.25, -0.2) is 9.37 Å². The lowest BCUT2D eigenvalue weighted by molar-refractivity contribution is -0.117. The molecule has 1 fully saturated rings. The average molecular weight is 458 g/mol. The molecule has 6 heteroatoms. The number of fused-ring (bicyclic) bond motifs is 1. The smallest absolute Gasteiger partial charge is 0.227 e. The van der Waals surface area contributed by atoms with Crippen molar-refractivity contribution < 1.29 is 13.9 Å². The SMILES string of the molecule is CCc1ccc(OCCCn2c([C@@H]3CC(=O)N(c4ccc(F)cc4)C3)nc3ccccc32)cc1. The Hall–Kier alpha value is -3.67. The molecule has 0 bridgehead atoms. The monoisotopic (exact) mass is 457 g/mol. The number of anilines is 1. The first kappa shape index (κ1) is 22.1. The minimum absolute atomic E-state index is 0.0209. The van der Waals surface area contributed by atoms with Gasteiger partial charge in [0, 0.05) is 31.1 Å². The topological polar surface area (TPSA) is 47.4 Å². The van der Waals surface area contributed by atoms with Crippen LogP contribution in [0.1, 0.15) is 37.1 Å². The Morgan fingerprint density at radius 1 is 1.03 bits per heavy atom. The number of halogens is 1. The van der Waals surface area contributed by atoms with Crippen molar-refractivity contribution in [1.82, 2.24) is 9.55 Å². The largest absolute Gasteiger partial charge is 0.494 e. The van der Waals surface area contributed by atoms with E-state index >= 15 is 0 Å². The van der Waals surface area contributed by atoms with Gasteiger partial charge in [-0.15, -0.1) is 0 Å². The second kappa shape index (κ2) is 9.67. The number of nitrogens with zero attached hydrogens (tertiary/aromatic N) is 3. The Morgan fingerprint density at radius 3 is 2.56 bits per heavy atom. The molecule has 0 saturated carbocycles. The fourth-order valence-corrected chi connectivity index (χ4v) is 4.63. The lowest BCUT2D eigenvalue weighted by Crippen LogP contribution is -2.24. The molecule has 1 saturated heterocycles. The average Bonchev–Trinajstić information content (AvgIpc) is 3.43. The van der Waals surface area contributed by atoms with E-state index in [1.165, 1.54) is 17.7 Å². The lowest BCUT2D eigenvalue weighted by atomic mass is 10.1. The lowest BCUT2D eigenvalue weighted by Gasteiger charge is -2.17. The number of para-hydroxylation sites is 2. The van der Waals surface area contributed by atoms with Gasteiger partial charge < -0.3 is 14.2 Å². The van der Waals surface area contributed by atoms with Crippen LogP contribution >= 0.6 is 0 Å². The van der Waals surface area contributed by atoms with Crippen molar-refractivity contribution in [3.8, 4) is 5.75 Å². The second-order valence-corrected chi connectivity index (χ2v) is 8.69. The summed E-state index contributed by atoms with van der Waals surface area (Å²) in [7, 11) is 0. The first-order chi connectivity index (χ1) is 16.6. The molecular weight excluding hydrogens is 429 g/mol. The quantitative estimate of drug-likeness (QED) is 0.318. The third kappa shape index (κ3) is 4.53. The Balaban J connectivity index is 1.32. The standard InChI is InChI=1S/C28H28FN3O2/c1-2-20-8-14-24(15-9-20)34-17-5-16-31-26-7-4-3-6-25(26)30-28(31)21-18-27(33)32(19-21)23-12-10-22(29)11-13-23/h3-4,6-15,21H,2,5,16-19H2,1H3/t21-/m1/s1. The predicted molar refractivity (Wildman–Crippen MR) is 132 cm³/mol. The number of hydrogen-bond acceptors (Lipinski definition) is 3. The van der Waals surface area contributed by atoms with Gasteiger partial charge in [-0.05, 0) is 66.9 Å².